The predicted octanol–water partition coefficient (Wildman–Crippen LogP) is 2.07. The summed E-state index contributed by atoms with van der Waals surface area (Å²) in [5.41, 5.74) is 3.57. The van der Waals surface area contributed by atoms with E-state index in [0.717, 1.165) is 11.4 Å². The number of benzene rings is 1. The van der Waals surface area contributed by atoms with E-state index >= 15 is 0 Å². The van der Waals surface area contributed by atoms with Crippen LogP contribution in [0.25, 0.3) is 0 Å². The van der Waals surface area contributed by atoms with Crippen LogP contribution in [0.1, 0.15) is 6.92 Å². The molecule has 0 atom stereocenters. The van der Waals surface area contributed by atoms with Gasteiger partial charge in [0, 0.05) is 6.07 Å². The minimum atomic E-state index is 0.592. The number of methoxy groups -OCH3 is 2. The molecule has 0 aliphatic rings. The molecule has 0 spiro atoms. The fourth-order valence-electron chi connectivity index (χ4n) is 1.03. The zero-order valence-electron chi connectivity index (χ0n) is 8.66. The van der Waals surface area contributed by atoms with Crippen LogP contribution in [0.4, 0.5) is 5.69 Å². The summed E-state index contributed by atoms with van der Waals surface area (Å²) < 4.78 is 10.2. The molecule has 0 heterocycles. The van der Waals surface area contributed by atoms with Gasteiger partial charge in [0.25, 0.3) is 0 Å². The smallest absolute Gasteiger partial charge is 0.147 e. The maximum atomic E-state index is 5.16. The van der Waals surface area contributed by atoms with Gasteiger partial charge in [0.2, 0.25) is 0 Å². The molecule has 4 nitrogen and oxygen atoms in total. The van der Waals surface area contributed by atoms with Crippen LogP contribution in [-0.2, 0) is 4.84 Å². The summed E-state index contributed by atoms with van der Waals surface area (Å²) in [5.74, 6) is 1.45. The summed E-state index contributed by atoms with van der Waals surface area (Å²) in [6, 6.07) is 5.47. The first kappa shape index (κ1) is 10.7. The van der Waals surface area contributed by atoms with Crippen LogP contribution in [0.3, 0.4) is 0 Å². The second-order valence-electron chi connectivity index (χ2n) is 2.60. The molecule has 0 unspecified atom stereocenters. The average molecular weight is 197 g/mol. The van der Waals surface area contributed by atoms with E-state index in [1.807, 2.05) is 19.1 Å². The van der Waals surface area contributed by atoms with Gasteiger partial charge in [0.05, 0.1) is 20.8 Å². The molecule has 0 aliphatic carbocycles. The average Bonchev–Trinajstić information content (AvgIpc) is 2.26. The molecule has 4 heteroatoms. The SMILES string of the molecule is CCONc1ccc(OC)cc1OC. The van der Waals surface area contributed by atoms with E-state index in [-0.39, 0.29) is 0 Å². The van der Waals surface area contributed by atoms with E-state index < -0.39 is 0 Å². The zero-order chi connectivity index (χ0) is 10.4. The van der Waals surface area contributed by atoms with Gasteiger partial charge in [-0.15, -0.1) is 0 Å². The Bertz CT molecular complexity index is 289. The highest BCUT2D eigenvalue weighted by atomic mass is 16.6. The maximum Gasteiger partial charge on any atom is 0.147 e. The van der Waals surface area contributed by atoms with Crippen molar-refractivity contribution in [3.8, 4) is 11.5 Å². The van der Waals surface area contributed by atoms with Gasteiger partial charge < -0.3 is 9.47 Å². The number of hydrogen-bond donors (Lipinski definition) is 1. The summed E-state index contributed by atoms with van der Waals surface area (Å²) >= 11 is 0. The lowest BCUT2D eigenvalue weighted by Gasteiger charge is -2.11. The molecular weight excluding hydrogens is 182 g/mol. The molecule has 1 aromatic carbocycles. The molecule has 1 N–H and O–H groups in total. The minimum absolute atomic E-state index is 0.592. The quantitative estimate of drug-likeness (QED) is 0.733. The number of nitrogens with one attached hydrogen (secondary N) is 1. The number of hydrogen-bond acceptors (Lipinski definition) is 4. The summed E-state index contributed by atoms with van der Waals surface area (Å²) in [7, 11) is 3.22. The number of ether oxygens (including phenoxy) is 2. The molecule has 78 valence electrons. The van der Waals surface area contributed by atoms with Gasteiger partial charge in [-0.1, -0.05) is 0 Å². The highest BCUT2D eigenvalue weighted by Crippen LogP contribution is 2.28. The van der Waals surface area contributed by atoms with Gasteiger partial charge in [0.1, 0.15) is 17.2 Å². The largest absolute Gasteiger partial charge is 0.497 e. The second kappa shape index (κ2) is 5.34. The fraction of sp³-hybridized carbons (Fsp3) is 0.400. The van der Waals surface area contributed by atoms with Crippen LogP contribution in [0.2, 0.25) is 0 Å². The molecule has 0 radical (unpaired) electrons. The number of anilines is 1. The van der Waals surface area contributed by atoms with Gasteiger partial charge >= 0.3 is 0 Å². The van der Waals surface area contributed by atoms with Crippen molar-refractivity contribution in [3.05, 3.63) is 18.2 Å². The Morgan fingerprint density at radius 1 is 1.21 bits per heavy atom. The molecule has 0 amide bonds. The van der Waals surface area contributed by atoms with Gasteiger partial charge in [-0.3, -0.25) is 10.3 Å². The van der Waals surface area contributed by atoms with Crippen molar-refractivity contribution in [1.29, 1.82) is 0 Å². The third-order valence-corrected chi connectivity index (χ3v) is 1.74. The van der Waals surface area contributed by atoms with Gasteiger partial charge in [-0.05, 0) is 19.1 Å². The van der Waals surface area contributed by atoms with Crippen LogP contribution in [0, 0.1) is 0 Å². The fourth-order valence-corrected chi connectivity index (χ4v) is 1.03. The second-order valence-corrected chi connectivity index (χ2v) is 2.60. The van der Waals surface area contributed by atoms with E-state index in [9.17, 15) is 0 Å². The van der Waals surface area contributed by atoms with Crippen molar-refractivity contribution in [2.75, 3.05) is 26.3 Å². The predicted molar refractivity (Wildman–Crippen MR) is 54.8 cm³/mol. The van der Waals surface area contributed by atoms with E-state index in [1.165, 1.54) is 0 Å². The van der Waals surface area contributed by atoms with Crippen LogP contribution in [0.15, 0.2) is 18.2 Å². The first-order chi connectivity index (χ1) is 6.81. The van der Waals surface area contributed by atoms with Crippen molar-refractivity contribution in [1.82, 2.24) is 0 Å². The molecule has 0 aliphatic heterocycles. The van der Waals surface area contributed by atoms with Crippen LogP contribution >= 0.6 is 0 Å². The molecule has 0 fully saturated rings. The first-order valence-corrected chi connectivity index (χ1v) is 4.41. The number of rotatable bonds is 5. The van der Waals surface area contributed by atoms with Gasteiger partial charge in [-0.2, -0.15) is 0 Å². The van der Waals surface area contributed by atoms with Crippen molar-refractivity contribution in [2.45, 2.75) is 6.92 Å². The Kier molecular flexibility index (Phi) is 4.07. The molecular formula is C10H15NO3. The summed E-state index contributed by atoms with van der Waals surface area (Å²) in [4.78, 5) is 5.06. The Hall–Kier alpha value is -1.42. The van der Waals surface area contributed by atoms with Gasteiger partial charge in [0.15, 0.2) is 0 Å². The highest BCUT2D eigenvalue weighted by molar-refractivity contribution is 5.57. The van der Waals surface area contributed by atoms with Crippen molar-refractivity contribution in [2.24, 2.45) is 0 Å². The van der Waals surface area contributed by atoms with Crippen molar-refractivity contribution in [3.63, 3.8) is 0 Å². The lowest BCUT2D eigenvalue weighted by molar-refractivity contribution is 0.209. The molecule has 1 rings (SSSR count). The van der Waals surface area contributed by atoms with E-state index in [1.54, 1.807) is 20.3 Å². The van der Waals surface area contributed by atoms with Gasteiger partial charge in [-0.25, -0.2) is 0 Å². The summed E-state index contributed by atoms with van der Waals surface area (Å²) in [5, 5.41) is 0. The third kappa shape index (κ3) is 2.53. The molecule has 14 heavy (non-hydrogen) atoms. The van der Waals surface area contributed by atoms with Crippen LogP contribution in [-0.4, -0.2) is 20.8 Å². The minimum Gasteiger partial charge on any atom is -0.497 e. The molecule has 0 saturated carbocycles. The van der Waals surface area contributed by atoms with E-state index in [4.69, 9.17) is 14.3 Å². The molecule has 0 bridgehead atoms. The normalized spacial score (nSPS) is 9.64. The highest BCUT2D eigenvalue weighted by Gasteiger charge is 2.03. The lowest BCUT2D eigenvalue weighted by Crippen LogP contribution is -2.02. The van der Waals surface area contributed by atoms with E-state index in [2.05, 4.69) is 5.48 Å². The zero-order valence-corrected chi connectivity index (χ0v) is 8.66. The Morgan fingerprint density at radius 3 is 2.57 bits per heavy atom. The maximum absolute atomic E-state index is 5.16. The monoisotopic (exact) mass is 197 g/mol. The molecule has 0 saturated heterocycles. The van der Waals surface area contributed by atoms with Crippen molar-refractivity contribution >= 4 is 5.69 Å². The molecule has 0 aromatic heterocycles. The van der Waals surface area contributed by atoms with Crippen molar-refractivity contribution < 1.29 is 14.3 Å². The van der Waals surface area contributed by atoms with Crippen LogP contribution < -0.4 is 15.0 Å². The summed E-state index contributed by atoms with van der Waals surface area (Å²) in [6.07, 6.45) is 0. The standard InChI is InChI=1S/C10H15NO3/c1-4-14-11-9-6-5-8(12-2)7-10(9)13-3/h5-7,11H,4H2,1-3H3. The van der Waals surface area contributed by atoms with Crippen LogP contribution in [0.5, 0.6) is 11.5 Å². The topological polar surface area (TPSA) is 39.7 Å². The molecule has 1 aromatic rings. The van der Waals surface area contributed by atoms with E-state index in [0.29, 0.717) is 12.4 Å². The summed E-state index contributed by atoms with van der Waals surface area (Å²) in [6.45, 7) is 2.50. The first-order valence-electron chi connectivity index (χ1n) is 4.41. The lowest BCUT2D eigenvalue weighted by atomic mass is 10.3. The Labute approximate surface area is 83.7 Å². The Balaban J connectivity index is 2.82. The Morgan fingerprint density at radius 2 is 2.00 bits per heavy atom. The third-order valence-electron chi connectivity index (χ3n) is 1.74.